The van der Waals surface area contributed by atoms with E-state index in [1.807, 2.05) is 37.3 Å². The first-order valence-electron chi connectivity index (χ1n) is 6.66. The second-order valence-corrected chi connectivity index (χ2v) is 4.74. The van der Waals surface area contributed by atoms with Crippen molar-refractivity contribution in [2.75, 3.05) is 11.1 Å². The van der Waals surface area contributed by atoms with E-state index in [9.17, 15) is 9.18 Å². The van der Waals surface area contributed by atoms with E-state index >= 15 is 0 Å². The van der Waals surface area contributed by atoms with Gasteiger partial charge in [0.25, 0.3) is 0 Å². The molecule has 0 radical (unpaired) electrons. The zero-order valence-corrected chi connectivity index (χ0v) is 11.6. The summed E-state index contributed by atoms with van der Waals surface area (Å²) in [5.74, 6) is -2.14. The predicted octanol–water partition coefficient (Wildman–Crippen LogP) is 3.67. The molecule has 1 unspecified atom stereocenters. The van der Waals surface area contributed by atoms with Gasteiger partial charge in [-0.1, -0.05) is 37.3 Å². The topological polar surface area (TPSA) is 75.3 Å². The molecule has 0 bridgehead atoms. The second kappa shape index (κ2) is 6.26. The fourth-order valence-corrected chi connectivity index (χ4v) is 2.17. The average molecular weight is 288 g/mol. The van der Waals surface area contributed by atoms with Gasteiger partial charge < -0.3 is 16.2 Å². The molecule has 0 spiro atoms. The van der Waals surface area contributed by atoms with Crippen LogP contribution < -0.4 is 11.1 Å². The first-order valence-corrected chi connectivity index (χ1v) is 6.66. The van der Waals surface area contributed by atoms with Crippen LogP contribution in [0.4, 0.5) is 15.8 Å². The van der Waals surface area contributed by atoms with Crippen molar-refractivity contribution in [3.05, 3.63) is 59.4 Å². The number of carboxylic acids is 1. The van der Waals surface area contributed by atoms with Crippen LogP contribution in [0.3, 0.4) is 0 Å². The summed E-state index contributed by atoms with van der Waals surface area (Å²) in [6, 6.07) is 12.0. The Morgan fingerprint density at radius 2 is 2.00 bits per heavy atom. The van der Waals surface area contributed by atoms with Crippen LogP contribution in [0.5, 0.6) is 0 Å². The van der Waals surface area contributed by atoms with Gasteiger partial charge in [-0.3, -0.25) is 0 Å². The Hall–Kier alpha value is -2.56. The minimum absolute atomic E-state index is 0.0245. The number of nitrogen functional groups attached to an aromatic ring is 1. The van der Waals surface area contributed by atoms with Crippen LogP contribution in [-0.4, -0.2) is 11.1 Å². The number of aromatic carboxylic acids is 1. The van der Waals surface area contributed by atoms with E-state index in [4.69, 9.17) is 10.8 Å². The maximum absolute atomic E-state index is 13.8. The van der Waals surface area contributed by atoms with E-state index in [1.165, 1.54) is 0 Å². The molecule has 0 heterocycles. The number of carboxylic acid groups (broad SMARTS) is 1. The fraction of sp³-hybridized carbons (Fsp3) is 0.188. The van der Waals surface area contributed by atoms with Gasteiger partial charge in [0.15, 0.2) is 0 Å². The Labute approximate surface area is 122 Å². The van der Waals surface area contributed by atoms with Crippen LogP contribution in [0.25, 0.3) is 0 Å². The Kier molecular flexibility index (Phi) is 4.42. The molecule has 110 valence electrons. The molecule has 0 aliphatic carbocycles. The van der Waals surface area contributed by atoms with Crippen LogP contribution in [0.1, 0.15) is 35.3 Å². The largest absolute Gasteiger partial charge is 0.478 e. The van der Waals surface area contributed by atoms with Crippen molar-refractivity contribution in [3.63, 3.8) is 0 Å². The van der Waals surface area contributed by atoms with E-state index in [-0.39, 0.29) is 11.7 Å². The third-order valence-electron chi connectivity index (χ3n) is 3.31. The number of nitrogens with one attached hydrogen (secondary N) is 1. The highest BCUT2D eigenvalue weighted by Crippen LogP contribution is 2.28. The molecule has 0 fully saturated rings. The smallest absolute Gasteiger partial charge is 0.338 e. The number of nitrogens with two attached hydrogens (primary N) is 1. The summed E-state index contributed by atoms with van der Waals surface area (Å²) in [6.07, 6.45) is 0.783. The van der Waals surface area contributed by atoms with E-state index in [1.54, 1.807) is 0 Å². The molecule has 1 atom stereocenters. The van der Waals surface area contributed by atoms with Gasteiger partial charge in [0.05, 0.1) is 23.0 Å². The van der Waals surface area contributed by atoms with Crippen LogP contribution in [0, 0.1) is 5.82 Å². The molecule has 2 aromatic rings. The van der Waals surface area contributed by atoms with Crippen molar-refractivity contribution < 1.29 is 14.3 Å². The molecule has 0 amide bonds. The van der Waals surface area contributed by atoms with Gasteiger partial charge in [-0.25, -0.2) is 9.18 Å². The molecule has 0 saturated carbocycles. The van der Waals surface area contributed by atoms with Crippen LogP contribution >= 0.6 is 0 Å². The highest BCUT2D eigenvalue weighted by atomic mass is 19.1. The molecule has 5 heteroatoms. The SMILES string of the molecule is CCC(Nc1cc(F)c(C(=O)O)cc1N)c1ccccc1. The van der Waals surface area contributed by atoms with Crippen molar-refractivity contribution in [1.82, 2.24) is 0 Å². The minimum atomic E-state index is -1.33. The van der Waals surface area contributed by atoms with Crippen molar-refractivity contribution in [2.24, 2.45) is 0 Å². The molecule has 4 nitrogen and oxygen atoms in total. The van der Waals surface area contributed by atoms with Gasteiger partial charge in [-0.2, -0.15) is 0 Å². The van der Waals surface area contributed by atoms with Gasteiger partial charge in [0.2, 0.25) is 0 Å². The number of hydrogen-bond acceptors (Lipinski definition) is 3. The highest BCUT2D eigenvalue weighted by molar-refractivity contribution is 5.90. The molecule has 0 saturated heterocycles. The van der Waals surface area contributed by atoms with E-state index in [0.717, 1.165) is 24.1 Å². The standard InChI is InChI=1S/C16H17FN2O2/c1-2-14(10-6-4-3-5-7-10)19-15-9-12(17)11(16(20)21)8-13(15)18/h3-9,14,19H,2,18H2,1H3,(H,20,21). The van der Waals surface area contributed by atoms with Crippen LogP contribution in [-0.2, 0) is 0 Å². The Bertz CT molecular complexity index is 644. The number of carbonyl (C=O) groups is 1. The van der Waals surface area contributed by atoms with Gasteiger partial charge in [-0.15, -0.1) is 0 Å². The zero-order chi connectivity index (χ0) is 15.4. The zero-order valence-electron chi connectivity index (χ0n) is 11.6. The number of anilines is 2. The van der Waals surface area contributed by atoms with Crippen molar-refractivity contribution in [3.8, 4) is 0 Å². The van der Waals surface area contributed by atoms with Crippen LogP contribution in [0.2, 0.25) is 0 Å². The molecule has 0 aliphatic heterocycles. The second-order valence-electron chi connectivity index (χ2n) is 4.74. The lowest BCUT2D eigenvalue weighted by atomic mass is 10.0. The molecular formula is C16H17FN2O2. The summed E-state index contributed by atoms with van der Waals surface area (Å²) < 4.78 is 13.8. The fourth-order valence-electron chi connectivity index (χ4n) is 2.17. The third kappa shape index (κ3) is 3.31. The average Bonchev–Trinajstić information content (AvgIpc) is 2.48. The number of halogens is 1. The minimum Gasteiger partial charge on any atom is -0.478 e. The number of rotatable bonds is 5. The van der Waals surface area contributed by atoms with Gasteiger partial charge in [0, 0.05) is 0 Å². The first kappa shape index (κ1) is 14.8. The lowest BCUT2D eigenvalue weighted by Gasteiger charge is -2.20. The van der Waals surface area contributed by atoms with E-state index in [0.29, 0.717) is 5.69 Å². The molecule has 2 aromatic carbocycles. The van der Waals surface area contributed by atoms with Crippen molar-refractivity contribution in [2.45, 2.75) is 19.4 Å². The van der Waals surface area contributed by atoms with Gasteiger partial charge in [0.1, 0.15) is 5.82 Å². The monoisotopic (exact) mass is 288 g/mol. The molecule has 2 rings (SSSR count). The molecule has 0 aliphatic rings. The Morgan fingerprint density at radius 3 is 2.57 bits per heavy atom. The molecule has 21 heavy (non-hydrogen) atoms. The maximum Gasteiger partial charge on any atom is 0.338 e. The summed E-state index contributed by atoms with van der Waals surface area (Å²) in [7, 11) is 0. The van der Waals surface area contributed by atoms with Crippen molar-refractivity contribution >= 4 is 17.3 Å². The molecule has 4 N–H and O–H groups in total. The van der Waals surface area contributed by atoms with E-state index in [2.05, 4.69) is 5.32 Å². The maximum atomic E-state index is 13.8. The van der Waals surface area contributed by atoms with Gasteiger partial charge in [-0.05, 0) is 24.1 Å². The Balaban J connectivity index is 2.30. The van der Waals surface area contributed by atoms with Crippen molar-refractivity contribution in [1.29, 1.82) is 0 Å². The summed E-state index contributed by atoms with van der Waals surface area (Å²) >= 11 is 0. The van der Waals surface area contributed by atoms with Gasteiger partial charge >= 0.3 is 5.97 Å². The quantitative estimate of drug-likeness (QED) is 0.734. The number of hydrogen-bond donors (Lipinski definition) is 3. The predicted molar refractivity (Wildman–Crippen MR) is 80.9 cm³/mol. The third-order valence-corrected chi connectivity index (χ3v) is 3.31. The molecule has 0 aromatic heterocycles. The summed E-state index contributed by atoms with van der Waals surface area (Å²) in [5.41, 5.74) is 7.06. The van der Waals surface area contributed by atoms with E-state index < -0.39 is 17.3 Å². The molecular weight excluding hydrogens is 271 g/mol. The number of benzene rings is 2. The summed E-state index contributed by atoms with van der Waals surface area (Å²) in [5, 5.41) is 12.0. The highest BCUT2D eigenvalue weighted by Gasteiger charge is 2.16. The Morgan fingerprint density at radius 1 is 1.33 bits per heavy atom. The van der Waals surface area contributed by atoms with Crippen LogP contribution in [0.15, 0.2) is 42.5 Å². The summed E-state index contributed by atoms with van der Waals surface area (Å²) in [6.45, 7) is 2.00. The summed E-state index contributed by atoms with van der Waals surface area (Å²) in [4.78, 5) is 10.9. The lowest BCUT2D eigenvalue weighted by molar-refractivity contribution is 0.0692. The lowest BCUT2D eigenvalue weighted by Crippen LogP contribution is -2.12. The first-order chi connectivity index (χ1) is 10.0. The normalized spacial score (nSPS) is 11.9.